The molecule has 37 heavy (non-hydrogen) atoms. The van der Waals surface area contributed by atoms with Crippen LogP contribution < -0.4 is 4.74 Å². The van der Waals surface area contributed by atoms with E-state index in [1.54, 1.807) is 12.1 Å². The Balaban J connectivity index is 1.49. The molecule has 1 heterocycles. The fourth-order valence-electron chi connectivity index (χ4n) is 5.47. The number of hydrogen-bond donors (Lipinski definition) is 0. The van der Waals surface area contributed by atoms with E-state index in [1.165, 1.54) is 60.5 Å². The Morgan fingerprint density at radius 3 is 2.30 bits per heavy atom. The number of sulfone groups is 1. The molecule has 0 N–H and O–H groups in total. The Morgan fingerprint density at radius 1 is 0.838 bits per heavy atom. The number of fused-ring (bicyclic) bond motifs is 1. The zero-order chi connectivity index (χ0) is 25.8. The fraction of sp³-hybridized carbons (Fsp3) is 0.312. The summed E-state index contributed by atoms with van der Waals surface area (Å²) in [5, 5.41) is 2.39. The van der Waals surface area contributed by atoms with Gasteiger partial charge in [0, 0.05) is 18.7 Å². The average molecular weight is 514 g/mol. The summed E-state index contributed by atoms with van der Waals surface area (Å²) >= 11 is 0. The molecule has 0 aliphatic carbocycles. The normalized spacial score (nSPS) is 15.5. The second-order valence-corrected chi connectivity index (χ2v) is 12.1. The summed E-state index contributed by atoms with van der Waals surface area (Å²) < 4.78 is 30.3. The second kappa shape index (κ2) is 11.1. The molecule has 1 atom stereocenters. The van der Waals surface area contributed by atoms with Crippen molar-refractivity contribution in [3.05, 3.63) is 107 Å². The summed E-state index contributed by atoms with van der Waals surface area (Å²) in [5.74, 6) is 0.851. The Kier molecular flexibility index (Phi) is 7.63. The molecule has 0 aromatic heterocycles. The van der Waals surface area contributed by atoms with Gasteiger partial charge < -0.3 is 4.74 Å². The first-order chi connectivity index (χ1) is 17.9. The van der Waals surface area contributed by atoms with Gasteiger partial charge >= 0.3 is 0 Å². The van der Waals surface area contributed by atoms with E-state index < -0.39 is 9.84 Å². The van der Waals surface area contributed by atoms with Crippen LogP contribution in [-0.4, -0.2) is 45.8 Å². The molecule has 0 bridgehead atoms. The van der Waals surface area contributed by atoms with Gasteiger partial charge in [0.15, 0.2) is 9.84 Å². The number of benzene rings is 4. The van der Waals surface area contributed by atoms with Crippen LogP contribution in [0.15, 0.2) is 89.8 Å². The zero-order valence-corrected chi connectivity index (χ0v) is 22.5. The lowest BCUT2D eigenvalue weighted by Crippen LogP contribution is -2.33. The molecule has 1 unspecified atom stereocenters. The van der Waals surface area contributed by atoms with Crippen LogP contribution in [0.1, 0.15) is 47.4 Å². The van der Waals surface area contributed by atoms with Gasteiger partial charge in [-0.1, -0.05) is 67.1 Å². The van der Waals surface area contributed by atoms with Gasteiger partial charge in [0.1, 0.15) is 12.4 Å². The number of likely N-dealkylation sites (tertiary alicyclic amines) is 1. The van der Waals surface area contributed by atoms with E-state index in [4.69, 9.17) is 4.74 Å². The number of ether oxygens (including phenoxy) is 1. The molecule has 5 heteroatoms. The van der Waals surface area contributed by atoms with Gasteiger partial charge in [-0.2, -0.15) is 0 Å². The van der Waals surface area contributed by atoms with Crippen molar-refractivity contribution >= 4 is 20.6 Å². The number of hydrogen-bond acceptors (Lipinski definition) is 4. The molecule has 4 aromatic carbocycles. The van der Waals surface area contributed by atoms with Crippen LogP contribution in [-0.2, 0) is 9.84 Å². The minimum Gasteiger partial charge on any atom is -0.492 e. The van der Waals surface area contributed by atoms with Gasteiger partial charge in [0.05, 0.1) is 4.90 Å². The van der Waals surface area contributed by atoms with Crippen molar-refractivity contribution in [1.82, 2.24) is 4.90 Å². The highest BCUT2D eigenvalue weighted by molar-refractivity contribution is 7.90. The van der Waals surface area contributed by atoms with E-state index in [0.717, 1.165) is 23.4 Å². The predicted molar refractivity (Wildman–Crippen MR) is 151 cm³/mol. The van der Waals surface area contributed by atoms with E-state index >= 15 is 0 Å². The number of piperidine rings is 1. The smallest absolute Gasteiger partial charge is 0.175 e. The molecule has 1 saturated heterocycles. The molecule has 5 rings (SSSR count). The SMILES string of the molecule is Cc1cc(OCCN2CCCCC2)ccc1C(c1ccc(S(C)(=O)=O)cc1)c1cccc2ccccc12. The zero-order valence-electron chi connectivity index (χ0n) is 21.7. The highest BCUT2D eigenvalue weighted by atomic mass is 32.2. The number of rotatable bonds is 8. The number of nitrogens with zero attached hydrogens (tertiary/aromatic N) is 1. The summed E-state index contributed by atoms with van der Waals surface area (Å²) in [7, 11) is -3.26. The molecule has 1 fully saturated rings. The van der Waals surface area contributed by atoms with Gasteiger partial charge in [0.25, 0.3) is 0 Å². The summed E-state index contributed by atoms with van der Waals surface area (Å²) in [5.41, 5.74) is 4.60. The molecule has 4 aromatic rings. The lowest BCUT2D eigenvalue weighted by molar-refractivity contribution is 0.183. The van der Waals surface area contributed by atoms with Crippen molar-refractivity contribution < 1.29 is 13.2 Å². The molecule has 1 aliphatic rings. The van der Waals surface area contributed by atoms with Gasteiger partial charge in [-0.25, -0.2) is 8.42 Å². The topological polar surface area (TPSA) is 46.6 Å². The molecule has 0 spiro atoms. The quantitative estimate of drug-likeness (QED) is 0.249. The van der Waals surface area contributed by atoms with Crippen LogP contribution in [0.4, 0.5) is 0 Å². The Morgan fingerprint density at radius 2 is 1.57 bits per heavy atom. The third kappa shape index (κ3) is 5.89. The standard InChI is InChI=1S/C32H35NO3S/c1-24-23-27(36-22-21-33-19-6-3-7-20-33)15-18-29(24)32(26-13-16-28(17-14-26)37(2,34)35)31-12-8-10-25-9-4-5-11-30(25)31/h4-5,8-18,23,32H,3,6-7,19-22H2,1-2H3. The maximum absolute atomic E-state index is 12.1. The first kappa shape index (κ1) is 25.5. The predicted octanol–water partition coefficient (Wildman–Crippen LogP) is 6.60. The average Bonchev–Trinajstić information content (AvgIpc) is 2.90. The van der Waals surface area contributed by atoms with Gasteiger partial charge in [0.2, 0.25) is 0 Å². The highest BCUT2D eigenvalue weighted by Gasteiger charge is 2.22. The third-order valence-corrected chi connectivity index (χ3v) is 8.58. The molecule has 0 amide bonds. The molecule has 192 valence electrons. The molecular formula is C32H35NO3S. The van der Waals surface area contributed by atoms with E-state index in [9.17, 15) is 8.42 Å². The minimum absolute atomic E-state index is 0.0397. The van der Waals surface area contributed by atoms with E-state index in [2.05, 4.69) is 72.5 Å². The number of aryl methyl sites for hydroxylation is 1. The summed E-state index contributed by atoms with van der Waals surface area (Å²) in [6, 6.07) is 28.6. The van der Waals surface area contributed by atoms with Gasteiger partial charge in [-0.05, 0) is 90.1 Å². The maximum atomic E-state index is 12.1. The summed E-state index contributed by atoms with van der Waals surface area (Å²) in [4.78, 5) is 2.82. The third-order valence-electron chi connectivity index (χ3n) is 7.45. The van der Waals surface area contributed by atoms with Crippen LogP contribution in [0.5, 0.6) is 5.75 Å². The van der Waals surface area contributed by atoms with Gasteiger partial charge in [-0.15, -0.1) is 0 Å². The lowest BCUT2D eigenvalue weighted by atomic mass is 9.81. The molecule has 0 saturated carbocycles. The Labute approximate surface area is 220 Å². The Bertz CT molecular complexity index is 1470. The Hall–Kier alpha value is -3.15. The van der Waals surface area contributed by atoms with Crippen molar-refractivity contribution in [2.75, 3.05) is 32.5 Å². The van der Waals surface area contributed by atoms with Crippen LogP contribution >= 0.6 is 0 Å². The van der Waals surface area contributed by atoms with Crippen molar-refractivity contribution in [2.24, 2.45) is 0 Å². The molecule has 1 aliphatic heterocycles. The largest absolute Gasteiger partial charge is 0.492 e. The van der Waals surface area contributed by atoms with Crippen molar-refractivity contribution in [3.63, 3.8) is 0 Å². The van der Waals surface area contributed by atoms with Crippen LogP contribution in [0.25, 0.3) is 10.8 Å². The van der Waals surface area contributed by atoms with Crippen molar-refractivity contribution in [1.29, 1.82) is 0 Å². The van der Waals surface area contributed by atoms with Crippen molar-refractivity contribution in [3.8, 4) is 5.75 Å². The van der Waals surface area contributed by atoms with Gasteiger partial charge in [-0.3, -0.25) is 4.90 Å². The minimum atomic E-state index is -3.26. The van der Waals surface area contributed by atoms with E-state index in [0.29, 0.717) is 11.5 Å². The van der Waals surface area contributed by atoms with Crippen LogP contribution in [0, 0.1) is 6.92 Å². The summed E-state index contributed by atoms with van der Waals surface area (Å²) in [6.45, 7) is 6.14. The highest BCUT2D eigenvalue weighted by Crippen LogP contribution is 2.38. The van der Waals surface area contributed by atoms with Crippen molar-refractivity contribution in [2.45, 2.75) is 37.0 Å². The second-order valence-electron chi connectivity index (χ2n) is 10.1. The maximum Gasteiger partial charge on any atom is 0.175 e. The summed E-state index contributed by atoms with van der Waals surface area (Å²) in [6.07, 6.45) is 5.16. The van der Waals surface area contributed by atoms with Crippen LogP contribution in [0.3, 0.4) is 0 Å². The molecule has 4 nitrogen and oxygen atoms in total. The fourth-order valence-corrected chi connectivity index (χ4v) is 6.10. The lowest BCUT2D eigenvalue weighted by Gasteiger charge is -2.26. The van der Waals surface area contributed by atoms with Crippen LogP contribution in [0.2, 0.25) is 0 Å². The van der Waals surface area contributed by atoms with E-state index in [-0.39, 0.29) is 5.92 Å². The molecule has 0 radical (unpaired) electrons. The van der Waals surface area contributed by atoms with E-state index in [1.807, 2.05) is 12.1 Å². The first-order valence-electron chi connectivity index (χ1n) is 13.1. The monoisotopic (exact) mass is 513 g/mol. The first-order valence-corrected chi connectivity index (χ1v) is 15.0. The molecular weight excluding hydrogens is 478 g/mol.